The predicted octanol–water partition coefficient (Wildman–Crippen LogP) is 8.02. The summed E-state index contributed by atoms with van der Waals surface area (Å²) < 4.78 is 0. The summed E-state index contributed by atoms with van der Waals surface area (Å²) in [6, 6.07) is 0. The lowest BCUT2D eigenvalue weighted by Crippen LogP contribution is -2.64. The summed E-state index contributed by atoms with van der Waals surface area (Å²) in [4.78, 5) is 0. The van der Waals surface area contributed by atoms with Gasteiger partial charge in [0.15, 0.2) is 0 Å². The smallest absolute Gasteiger partial charge is 0.0594 e. The number of rotatable bonds is 0. The third-order valence-corrected chi connectivity index (χ3v) is 13.4. The molecule has 5 rings (SSSR count). The molecule has 5 aliphatic carbocycles. The van der Waals surface area contributed by atoms with Gasteiger partial charge in [-0.15, -0.1) is 0 Å². The summed E-state index contributed by atoms with van der Waals surface area (Å²) in [6.45, 7) is 20.5. The molecule has 5 aliphatic rings. The van der Waals surface area contributed by atoms with Crippen molar-refractivity contribution in [2.75, 3.05) is 0 Å². The molecule has 0 aliphatic heterocycles. The van der Waals surface area contributed by atoms with Crippen molar-refractivity contribution in [1.82, 2.24) is 0 Å². The Labute approximate surface area is 192 Å². The second-order valence-corrected chi connectivity index (χ2v) is 14.7. The second kappa shape index (κ2) is 6.64. The minimum absolute atomic E-state index is 0.0533. The summed E-state index contributed by atoms with van der Waals surface area (Å²) >= 11 is 0. The standard InChI is InChI=1S/C30H50O/c1-19-11-14-27(5)17-18-29(7)21(25(27)20(19)2)9-10-23-28(6)15-13-24(31)26(3,4)22(28)12-16-30(23,29)8/h9,19-20,22-25,31H,10-18H2,1-8H3/t19-,20+,22?,23-,24-,25+,27-,28+,29-,30-/m1/s1. The molecule has 1 N–H and O–H groups in total. The van der Waals surface area contributed by atoms with Crippen LogP contribution in [-0.4, -0.2) is 11.2 Å². The molecule has 1 heteroatoms. The van der Waals surface area contributed by atoms with E-state index >= 15 is 0 Å². The molecule has 4 fully saturated rings. The summed E-state index contributed by atoms with van der Waals surface area (Å²) in [5.41, 5.74) is 3.60. The van der Waals surface area contributed by atoms with Crippen LogP contribution in [0.1, 0.15) is 113 Å². The molecule has 0 saturated heterocycles. The molecule has 0 heterocycles. The first kappa shape index (κ1) is 22.5. The lowest BCUT2D eigenvalue weighted by molar-refractivity contribution is -0.203. The van der Waals surface area contributed by atoms with E-state index in [9.17, 15) is 5.11 Å². The topological polar surface area (TPSA) is 20.2 Å². The maximum Gasteiger partial charge on any atom is 0.0594 e. The molecule has 0 spiro atoms. The van der Waals surface area contributed by atoms with E-state index in [1.807, 2.05) is 5.57 Å². The van der Waals surface area contributed by atoms with Gasteiger partial charge in [0.05, 0.1) is 6.10 Å². The van der Waals surface area contributed by atoms with Crippen LogP contribution < -0.4 is 0 Å². The highest BCUT2D eigenvalue weighted by Gasteiger charge is 2.67. The van der Waals surface area contributed by atoms with Crippen LogP contribution in [0, 0.1) is 56.7 Å². The molecular formula is C30H50O. The summed E-state index contributed by atoms with van der Waals surface area (Å²) in [5.74, 6) is 3.90. The van der Waals surface area contributed by atoms with E-state index in [1.165, 1.54) is 51.4 Å². The number of fused-ring (bicyclic) bond motifs is 7. The number of aliphatic hydroxyl groups excluding tert-OH is 1. The zero-order chi connectivity index (χ0) is 22.6. The van der Waals surface area contributed by atoms with Crippen molar-refractivity contribution in [3.05, 3.63) is 11.6 Å². The van der Waals surface area contributed by atoms with Crippen molar-refractivity contribution in [3.8, 4) is 0 Å². The molecule has 4 saturated carbocycles. The average molecular weight is 427 g/mol. The van der Waals surface area contributed by atoms with Gasteiger partial charge in [0.1, 0.15) is 0 Å². The molecule has 31 heavy (non-hydrogen) atoms. The molecule has 1 nitrogen and oxygen atoms in total. The molecular weight excluding hydrogens is 376 g/mol. The Morgan fingerprint density at radius 1 is 0.806 bits per heavy atom. The Morgan fingerprint density at radius 2 is 1.52 bits per heavy atom. The third-order valence-electron chi connectivity index (χ3n) is 13.4. The highest BCUT2D eigenvalue weighted by molar-refractivity contribution is 5.33. The maximum atomic E-state index is 10.9. The Morgan fingerprint density at radius 3 is 2.23 bits per heavy atom. The van der Waals surface area contributed by atoms with Crippen molar-refractivity contribution in [2.24, 2.45) is 56.7 Å². The number of aliphatic hydroxyl groups is 1. The van der Waals surface area contributed by atoms with Gasteiger partial charge in [0.2, 0.25) is 0 Å². The van der Waals surface area contributed by atoms with Crippen molar-refractivity contribution in [1.29, 1.82) is 0 Å². The van der Waals surface area contributed by atoms with Crippen LogP contribution in [0.5, 0.6) is 0 Å². The van der Waals surface area contributed by atoms with Crippen LogP contribution >= 0.6 is 0 Å². The van der Waals surface area contributed by atoms with Crippen LogP contribution in [0.2, 0.25) is 0 Å². The first-order chi connectivity index (χ1) is 14.3. The van der Waals surface area contributed by atoms with Crippen molar-refractivity contribution in [3.63, 3.8) is 0 Å². The normalized spacial score (nSPS) is 58.3. The van der Waals surface area contributed by atoms with E-state index in [0.717, 1.165) is 30.1 Å². The van der Waals surface area contributed by atoms with Crippen LogP contribution in [-0.2, 0) is 0 Å². The fraction of sp³-hybridized carbons (Fsp3) is 0.933. The number of allylic oxidation sites excluding steroid dienone is 2. The monoisotopic (exact) mass is 426 g/mol. The predicted molar refractivity (Wildman–Crippen MR) is 131 cm³/mol. The van der Waals surface area contributed by atoms with Crippen LogP contribution in [0.15, 0.2) is 11.6 Å². The minimum Gasteiger partial charge on any atom is -0.393 e. The Hall–Kier alpha value is -0.300. The molecule has 1 unspecified atom stereocenters. The van der Waals surface area contributed by atoms with Gasteiger partial charge in [-0.3, -0.25) is 0 Å². The second-order valence-electron chi connectivity index (χ2n) is 14.7. The van der Waals surface area contributed by atoms with Crippen molar-refractivity contribution < 1.29 is 5.11 Å². The summed E-state index contributed by atoms with van der Waals surface area (Å²) in [6.07, 6.45) is 14.5. The van der Waals surface area contributed by atoms with Gasteiger partial charge in [-0.25, -0.2) is 0 Å². The molecule has 176 valence electrons. The highest BCUT2D eigenvalue weighted by atomic mass is 16.3. The van der Waals surface area contributed by atoms with Gasteiger partial charge < -0.3 is 5.11 Å². The fourth-order valence-corrected chi connectivity index (χ4v) is 10.8. The van der Waals surface area contributed by atoms with Gasteiger partial charge in [-0.1, -0.05) is 67.0 Å². The van der Waals surface area contributed by atoms with Gasteiger partial charge >= 0.3 is 0 Å². The van der Waals surface area contributed by atoms with E-state index in [0.29, 0.717) is 27.6 Å². The molecule has 0 amide bonds. The number of hydrogen-bond donors (Lipinski definition) is 1. The van der Waals surface area contributed by atoms with Gasteiger partial charge in [-0.2, -0.15) is 0 Å². The van der Waals surface area contributed by atoms with E-state index in [-0.39, 0.29) is 11.5 Å². The van der Waals surface area contributed by atoms with E-state index in [4.69, 9.17) is 0 Å². The van der Waals surface area contributed by atoms with E-state index in [2.05, 4.69) is 61.5 Å². The SMILES string of the molecule is C[C@H]1[C@H](C)CC[C@]2(C)CC[C@]3(C)C(=CC[C@@H]4[C@@]5(C)CC[C@@H](O)C(C)(C)C5CC[C@]43C)[C@H]12. The lowest BCUT2D eigenvalue weighted by atomic mass is 9.33. The van der Waals surface area contributed by atoms with Crippen LogP contribution in [0.4, 0.5) is 0 Å². The largest absolute Gasteiger partial charge is 0.393 e. The summed E-state index contributed by atoms with van der Waals surface area (Å²) in [7, 11) is 0. The van der Waals surface area contributed by atoms with E-state index < -0.39 is 0 Å². The van der Waals surface area contributed by atoms with Crippen LogP contribution in [0.3, 0.4) is 0 Å². The van der Waals surface area contributed by atoms with Gasteiger partial charge in [0.25, 0.3) is 0 Å². The summed E-state index contributed by atoms with van der Waals surface area (Å²) in [5, 5.41) is 10.9. The molecule has 0 aromatic carbocycles. The fourth-order valence-electron chi connectivity index (χ4n) is 10.8. The zero-order valence-electron chi connectivity index (χ0n) is 21.9. The Kier molecular flexibility index (Phi) is 4.82. The molecule has 0 aromatic rings. The van der Waals surface area contributed by atoms with Crippen molar-refractivity contribution >= 4 is 0 Å². The maximum absolute atomic E-state index is 10.9. The first-order valence-electron chi connectivity index (χ1n) is 13.7. The minimum atomic E-state index is -0.125. The van der Waals surface area contributed by atoms with E-state index in [1.54, 1.807) is 0 Å². The molecule has 0 radical (unpaired) electrons. The van der Waals surface area contributed by atoms with Gasteiger partial charge in [0, 0.05) is 0 Å². The van der Waals surface area contributed by atoms with Crippen LogP contribution in [0.25, 0.3) is 0 Å². The van der Waals surface area contributed by atoms with Gasteiger partial charge in [-0.05, 0) is 114 Å². The molecule has 0 bridgehead atoms. The number of hydrogen-bond acceptors (Lipinski definition) is 1. The Bertz CT molecular complexity index is 779. The third kappa shape index (κ3) is 2.65. The first-order valence-corrected chi connectivity index (χ1v) is 13.7. The zero-order valence-corrected chi connectivity index (χ0v) is 21.9. The quantitative estimate of drug-likeness (QED) is 0.389. The molecule has 10 atom stereocenters. The Balaban J connectivity index is 1.59. The average Bonchev–Trinajstić information content (AvgIpc) is 2.69. The lowest BCUT2D eigenvalue weighted by Gasteiger charge is -2.71. The van der Waals surface area contributed by atoms with Crippen molar-refractivity contribution in [2.45, 2.75) is 119 Å². The highest BCUT2D eigenvalue weighted by Crippen LogP contribution is 2.75. The molecule has 0 aromatic heterocycles.